The molecule has 0 spiro atoms. The van der Waals surface area contributed by atoms with Gasteiger partial charge in [-0.2, -0.15) is 0 Å². The van der Waals surface area contributed by atoms with E-state index in [9.17, 15) is 4.79 Å². The maximum absolute atomic E-state index is 11.1. The number of hydrogen-bond acceptors (Lipinski definition) is 2. The van der Waals surface area contributed by atoms with Crippen LogP contribution in [0.25, 0.3) is 0 Å². The van der Waals surface area contributed by atoms with Gasteiger partial charge in [0.15, 0.2) is 0 Å². The van der Waals surface area contributed by atoms with E-state index >= 15 is 0 Å². The monoisotopic (exact) mass is 444 g/mol. The first-order valence-electron chi connectivity index (χ1n) is 13.6. The Morgan fingerprint density at radius 2 is 1.81 bits per heavy atom. The molecule has 182 valence electrons. The Kier molecular flexibility index (Phi) is 6.78. The molecule has 32 heavy (non-hydrogen) atoms. The Labute approximate surface area is 196 Å². The first-order valence-corrected chi connectivity index (χ1v) is 13.6. The summed E-state index contributed by atoms with van der Waals surface area (Å²) in [4.78, 5) is 11.1. The number of carboxylic acid groups (broad SMARTS) is 1. The van der Waals surface area contributed by atoms with Crippen molar-refractivity contribution in [3.8, 4) is 0 Å². The highest BCUT2D eigenvalue weighted by atomic mass is 16.7. The molecule has 4 aliphatic carbocycles. The molecule has 1 N–H and O–H groups in total. The minimum absolute atomic E-state index is 0.137. The van der Waals surface area contributed by atoms with Crippen LogP contribution in [0.1, 0.15) is 106 Å². The second kappa shape index (κ2) is 8.99. The lowest BCUT2D eigenvalue weighted by molar-refractivity contribution is -0.0603. The van der Waals surface area contributed by atoms with Gasteiger partial charge in [-0.05, 0) is 97.2 Å². The van der Waals surface area contributed by atoms with Crippen LogP contribution in [0.4, 0.5) is 4.79 Å². The van der Waals surface area contributed by atoms with Crippen LogP contribution in [0.15, 0.2) is 11.6 Å². The third kappa shape index (κ3) is 4.16. The third-order valence-corrected chi connectivity index (χ3v) is 11.3. The molecule has 0 aliphatic heterocycles. The van der Waals surface area contributed by atoms with Crippen molar-refractivity contribution in [2.75, 3.05) is 0 Å². The normalized spacial score (nSPS) is 43.0. The average molecular weight is 445 g/mol. The second-order valence-electron chi connectivity index (χ2n) is 13.0. The molecule has 0 heterocycles. The van der Waals surface area contributed by atoms with E-state index in [0.717, 1.165) is 60.7 Å². The van der Waals surface area contributed by atoms with E-state index in [2.05, 4.69) is 47.6 Å². The SMILES string of the molecule is CC(C)C(C)CCC(C)[C@H]1CC[C@H]2[C@@H]3CC=C4C[C@@H](OC(=O)O)CC[C@]4(C)[C@H]3CC[C@]12C. The zero-order valence-electron chi connectivity index (χ0n) is 21.5. The topological polar surface area (TPSA) is 46.5 Å². The van der Waals surface area contributed by atoms with Crippen LogP contribution in [0.5, 0.6) is 0 Å². The summed E-state index contributed by atoms with van der Waals surface area (Å²) in [6.45, 7) is 14.9. The number of carbonyl (C=O) groups is 1. The molecular weight excluding hydrogens is 396 g/mol. The zero-order chi connectivity index (χ0) is 23.3. The lowest BCUT2D eigenvalue weighted by Crippen LogP contribution is -2.51. The number of allylic oxidation sites excluding steroid dienone is 1. The van der Waals surface area contributed by atoms with Crippen molar-refractivity contribution < 1.29 is 14.6 Å². The first kappa shape index (κ1) is 24.1. The fourth-order valence-electron chi connectivity index (χ4n) is 8.91. The summed E-state index contributed by atoms with van der Waals surface area (Å²) in [7, 11) is 0. The maximum Gasteiger partial charge on any atom is 0.506 e. The van der Waals surface area contributed by atoms with Gasteiger partial charge in [0.2, 0.25) is 0 Å². The Bertz CT molecular complexity index is 726. The fraction of sp³-hybridized carbons (Fsp3) is 0.897. The van der Waals surface area contributed by atoms with Crippen LogP contribution in [0.2, 0.25) is 0 Å². The average Bonchev–Trinajstić information content (AvgIpc) is 3.08. The summed E-state index contributed by atoms with van der Waals surface area (Å²) < 4.78 is 5.18. The Morgan fingerprint density at radius 3 is 2.50 bits per heavy atom. The van der Waals surface area contributed by atoms with Gasteiger partial charge in [0.05, 0.1) is 0 Å². The van der Waals surface area contributed by atoms with Crippen LogP contribution < -0.4 is 0 Å². The molecule has 0 bridgehead atoms. The highest BCUT2D eigenvalue weighted by molar-refractivity contribution is 5.57. The largest absolute Gasteiger partial charge is 0.506 e. The van der Waals surface area contributed by atoms with Crippen molar-refractivity contribution in [3.05, 3.63) is 11.6 Å². The molecular formula is C29H48O3. The van der Waals surface area contributed by atoms with Gasteiger partial charge in [-0.25, -0.2) is 4.79 Å². The van der Waals surface area contributed by atoms with Gasteiger partial charge in [-0.1, -0.05) is 66.0 Å². The lowest BCUT2D eigenvalue weighted by Gasteiger charge is -2.58. The van der Waals surface area contributed by atoms with Crippen LogP contribution in [-0.2, 0) is 4.74 Å². The minimum atomic E-state index is -1.12. The molecule has 0 saturated heterocycles. The van der Waals surface area contributed by atoms with E-state index in [1.54, 1.807) is 0 Å². The van der Waals surface area contributed by atoms with Crippen molar-refractivity contribution in [2.24, 2.45) is 52.3 Å². The Balaban J connectivity index is 1.46. The van der Waals surface area contributed by atoms with Crippen LogP contribution >= 0.6 is 0 Å². The molecule has 4 rings (SSSR count). The van der Waals surface area contributed by atoms with Gasteiger partial charge in [0.1, 0.15) is 6.10 Å². The molecule has 0 aromatic carbocycles. The highest BCUT2D eigenvalue weighted by Crippen LogP contribution is 2.67. The van der Waals surface area contributed by atoms with Crippen molar-refractivity contribution in [1.82, 2.24) is 0 Å². The third-order valence-electron chi connectivity index (χ3n) is 11.3. The van der Waals surface area contributed by atoms with Crippen molar-refractivity contribution in [3.63, 3.8) is 0 Å². The quantitative estimate of drug-likeness (QED) is 0.331. The van der Waals surface area contributed by atoms with Gasteiger partial charge in [-0.15, -0.1) is 0 Å². The van der Waals surface area contributed by atoms with Gasteiger partial charge < -0.3 is 9.84 Å². The molecule has 0 radical (unpaired) electrons. The molecule has 3 heteroatoms. The molecule has 3 fully saturated rings. The van der Waals surface area contributed by atoms with Crippen LogP contribution in [-0.4, -0.2) is 17.4 Å². The Morgan fingerprint density at radius 1 is 1.06 bits per heavy atom. The molecule has 2 unspecified atom stereocenters. The summed E-state index contributed by atoms with van der Waals surface area (Å²) in [6, 6.07) is 0. The Hall–Kier alpha value is -0.990. The predicted molar refractivity (Wildman–Crippen MR) is 130 cm³/mol. The molecule has 0 amide bonds. The standard InChI is InChI=1S/C29H48O3/c1-18(2)19(3)7-8-20(4)24-11-12-25-23-10-9-21-17-22(32-27(30)31)13-15-28(21,5)26(23)14-16-29(24,25)6/h9,18-20,22-26H,7-8,10-17H2,1-6H3,(H,30,31)/t19?,20?,22-,23-,24+,25-,26-,28-,29+/m0/s1. The van der Waals surface area contributed by atoms with Crippen LogP contribution in [0, 0.1) is 52.3 Å². The van der Waals surface area contributed by atoms with E-state index in [0.29, 0.717) is 5.41 Å². The number of ether oxygens (including phenoxy) is 1. The number of hydrogen-bond donors (Lipinski definition) is 1. The summed E-state index contributed by atoms with van der Waals surface area (Å²) >= 11 is 0. The van der Waals surface area contributed by atoms with Crippen molar-refractivity contribution >= 4 is 6.16 Å². The molecule has 3 saturated carbocycles. The van der Waals surface area contributed by atoms with E-state index in [1.807, 2.05) is 0 Å². The molecule has 9 atom stereocenters. The fourth-order valence-corrected chi connectivity index (χ4v) is 8.91. The molecule has 0 aromatic heterocycles. The van der Waals surface area contributed by atoms with Crippen molar-refractivity contribution in [2.45, 2.75) is 112 Å². The lowest BCUT2D eigenvalue weighted by atomic mass is 9.47. The molecule has 4 aliphatic rings. The first-order chi connectivity index (χ1) is 15.1. The summed E-state index contributed by atoms with van der Waals surface area (Å²) in [6.07, 6.45) is 13.7. The van der Waals surface area contributed by atoms with E-state index in [4.69, 9.17) is 9.84 Å². The summed E-state index contributed by atoms with van der Waals surface area (Å²) in [5.74, 6) is 5.85. The number of fused-ring (bicyclic) bond motifs is 5. The predicted octanol–water partition coefficient (Wildman–Crippen LogP) is 8.34. The van der Waals surface area contributed by atoms with Crippen LogP contribution in [0.3, 0.4) is 0 Å². The van der Waals surface area contributed by atoms with E-state index in [-0.39, 0.29) is 11.5 Å². The second-order valence-corrected chi connectivity index (χ2v) is 13.0. The highest BCUT2D eigenvalue weighted by Gasteiger charge is 2.59. The molecule has 3 nitrogen and oxygen atoms in total. The zero-order valence-corrected chi connectivity index (χ0v) is 21.5. The van der Waals surface area contributed by atoms with Gasteiger partial charge in [0.25, 0.3) is 0 Å². The van der Waals surface area contributed by atoms with Crippen molar-refractivity contribution in [1.29, 1.82) is 0 Å². The molecule has 0 aromatic rings. The van der Waals surface area contributed by atoms with E-state index in [1.165, 1.54) is 50.5 Å². The van der Waals surface area contributed by atoms with Gasteiger partial charge in [0, 0.05) is 6.42 Å². The summed E-state index contributed by atoms with van der Waals surface area (Å²) in [5, 5.41) is 9.07. The number of rotatable bonds is 6. The minimum Gasteiger partial charge on any atom is -0.450 e. The van der Waals surface area contributed by atoms with E-state index < -0.39 is 6.16 Å². The van der Waals surface area contributed by atoms with Gasteiger partial charge >= 0.3 is 6.16 Å². The van der Waals surface area contributed by atoms with Gasteiger partial charge in [-0.3, -0.25) is 0 Å². The maximum atomic E-state index is 11.1. The smallest absolute Gasteiger partial charge is 0.450 e. The summed E-state index contributed by atoms with van der Waals surface area (Å²) in [5.41, 5.74) is 2.29.